The predicted octanol–water partition coefficient (Wildman–Crippen LogP) is 6.15. The van der Waals surface area contributed by atoms with E-state index in [2.05, 4.69) is 10.5 Å². The fraction of sp³-hybridized carbons (Fsp3) is 0.133. The fourth-order valence-corrected chi connectivity index (χ4v) is 3.43. The van der Waals surface area contributed by atoms with Crippen LogP contribution in [-0.2, 0) is 13.2 Å². The van der Waals surface area contributed by atoms with Gasteiger partial charge in [-0.1, -0.05) is 48.5 Å². The quantitative estimate of drug-likeness (QED) is 0.199. The van der Waals surface area contributed by atoms with Crippen LogP contribution in [0.2, 0.25) is 0 Å². The number of hydrogen-bond acceptors (Lipinski definition) is 5. The maximum Gasteiger partial charge on any atom is 0.271 e. The number of nitrogens with zero attached hydrogens (tertiary/aromatic N) is 1. The third-order valence-corrected chi connectivity index (χ3v) is 5.35. The summed E-state index contributed by atoms with van der Waals surface area (Å²) in [6.07, 6.45) is 1.53. The Morgan fingerprint density at radius 1 is 0.838 bits per heavy atom. The number of rotatable bonds is 11. The van der Waals surface area contributed by atoms with Crippen LogP contribution in [0.5, 0.6) is 17.2 Å². The standard InChI is InChI=1S/C30H27FN2O4/c1-2-35-29-18-24(14-17-28(29)37-20-23-8-4-3-5-9-23)30(34)33-32-19-22-12-15-26(16-13-22)36-21-25-10-6-7-11-27(25)31/h3-19H,2,20-21H2,1H3,(H,33,34)/b32-19+. The smallest absolute Gasteiger partial charge is 0.271 e. The molecule has 0 aliphatic carbocycles. The third kappa shape index (κ3) is 7.41. The molecule has 4 rings (SSSR count). The van der Waals surface area contributed by atoms with Crippen LogP contribution in [-0.4, -0.2) is 18.7 Å². The van der Waals surface area contributed by atoms with Crippen molar-refractivity contribution in [1.82, 2.24) is 5.43 Å². The van der Waals surface area contributed by atoms with E-state index in [4.69, 9.17) is 14.2 Å². The molecule has 4 aromatic carbocycles. The molecule has 6 nitrogen and oxygen atoms in total. The number of nitrogens with one attached hydrogen (secondary N) is 1. The van der Waals surface area contributed by atoms with E-state index in [0.717, 1.165) is 11.1 Å². The summed E-state index contributed by atoms with van der Waals surface area (Å²) < 4.78 is 30.9. The highest BCUT2D eigenvalue weighted by Gasteiger charge is 2.12. The first-order valence-electron chi connectivity index (χ1n) is 11.9. The van der Waals surface area contributed by atoms with Gasteiger partial charge in [0.05, 0.1) is 12.8 Å². The molecule has 0 fully saturated rings. The van der Waals surface area contributed by atoms with Crippen LogP contribution in [0, 0.1) is 5.82 Å². The molecule has 0 atom stereocenters. The Kier molecular flexibility index (Phi) is 8.86. The van der Waals surface area contributed by atoms with E-state index >= 15 is 0 Å². The summed E-state index contributed by atoms with van der Waals surface area (Å²) in [5.41, 5.74) is 5.20. The highest BCUT2D eigenvalue weighted by Crippen LogP contribution is 2.29. The molecule has 0 spiro atoms. The Hall–Kier alpha value is -4.65. The Balaban J connectivity index is 1.32. The zero-order valence-electron chi connectivity index (χ0n) is 20.4. The average molecular weight is 499 g/mol. The Labute approximate surface area is 215 Å². The van der Waals surface area contributed by atoms with Gasteiger partial charge in [-0.05, 0) is 66.6 Å². The van der Waals surface area contributed by atoms with Gasteiger partial charge in [-0.25, -0.2) is 9.82 Å². The van der Waals surface area contributed by atoms with Gasteiger partial charge >= 0.3 is 0 Å². The van der Waals surface area contributed by atoms with E-state index in [-0.39, 0.29) is 18.3 Å². The zero-order valence-corrected chi connectivity index (χ0v) is 20.4. The largest absolute Gasteiger partial charge is 0.490 e. The Bertz CT molecular complexity index is 1340. The number of halogens is 1. The van der Waals surface area contributed by atoms with Gasteiger partial charge in [-0.3, -0.25) is 4.79 Å². The molecule has 7 heteroatoms. The lowest BCUT2D eigenvalue weighted by molar-refractivity contribution is 0.0954. The molecule has 0 unspecified atom stereocenters. The van der Waals surface area contributed by atoms with Crippen molar-refractivity contribution in [3.63, 3.8) is 0 Å². The normalized spacial score (nSPS) is 10.8. The van der Waals surface area contributed by atoms with Crippen LogP contribution in [0.3, 0.4) is 0 Å². The average Bonchev–Trinajstić information content (AvgIpc) is 2.93. The van der Waals surface area contributed by atoms with Crippen LogP contribution >= 0.6 is 0 Å². The molecule has 0 heterocycles. The van der Waals surface area contributed by atoms with Crippen molar-refractivity contribution in [3.05, 3.63) is 125 Å². The van der Waals surface area contributed by atoms with Gasteiger partial charge in [0.2, 0.25) is 0 Å². The number of carbonyl (C=O) groups excluding carboxylic acids is 1. The van der Waals surface area contributed by atoms with E-state index in [9.17, 15) is 9.18 Å². The second-order valence-corrected chi connectivity index (χ2v) is 8.02. The van der Waals surface area contributed by atoms with Crippen molar-refractivity contribution in [1.29, 1.82) is 0 Å². The van der Waals surface area contributed by atoms with Crippen LogP contribution < -0.4 is 19.6 Å². The molecule has 0 aliphatic heterocycles. The number of hydrazone groups is 1. The van der Waals surface area contributed by atoms with Gasteiger partial charge in [0.15, 0.2) is 11.5 Å². The van der Waals surface area contributed by atoms with Crippen molar-refractivity contribution in [2.45, 2.75) is 20.1 Å². The van der Waals surface area contributed by atoms with Crippen LogP contribution in [0.4, 0.5) is 4.39 Å². The van der Waals surface area contributed by atoms with E-state index in [1.807, 2.05) is 37.3 Å². The van der Waals surface area contributed by atoms with E-state index in [1.54, 1.807) is 60.7 Å². The van der Waals surface area contributed by atoms with Crippen molar-refractivity contribution in [2.24, 2.45) is 5.10 Å². The summed E-state index contributed by atoms with van der Waals surface area (Å²) in [6, 6.07) is 28.4. The molecular weight excluding hydrogens is 471 g/mol. The van der Waals surface area contributed by atoms with E-state index in [1.165, 1.54) is 12.3 Å². The number of hydrogen-bond donors (Lipinski definition) is 1. The number of amides is 1. The molecule has 0 bridgehead atoms. The van der Waals surface area contributed by atoms with Gasteiger partial charge in [0.25, 0.3) is 5.91 Å². The SMILES string of the molecule is CCOc1cc(C(=O)N/N=C/c2ccc(OCc3ccccc3F)cc2)ccc1OCc1ccccc1. The lowest BCUT2D eigenvalue weighted by Crippen LogP contribution is -2.17. The van der Waals surface area contributed by atoms with E-state index < -0.39 is 0 Å². The molecule has 1 amide bonds. The Morgan fingerprint density at radius 3 is 2.35 bits per heavy atom. The maximum atomic E-state index is 13.7. The second kappa shape index (κ2) is 12.9. The number of carbonyl (C=O) groups is 1. The van der Waals surface area contributed by atoms with Crippen LogP contribution in [0.15, 0.2) is 102 Å². The van der Waals surface area contributed by atoms with Gasteiger partial charge in [-0.15, -0.1) is 0 Å². The molecule has 0 saturated carbocycles. The number of ether oxygens (including phenoxy) is 3. The molecule has 0 aromatic heterocycles. The molecule has 188 valence electrons. The summed E-state index contributed by atoms with van der Waals surface area (Å²) >= 11 is 0. The molecule has 1 N–H and O–H groups in total. The first-order valence-corrected chi connectivity index (χ1v) is 11.9. The van der Waals surface area contributed by atoms with Crippen molar-refractivity contribution in [2.75, 3.05) is 6.61 Å². The monoisotopic (exact) mass is 498 g/mol. The Morgan fingerprint density at radius 2 is 1.59 bits per heavy atom. The summed E-state index contributed by atoms with van der Waals surface area (Å²) in [5, 5.41) is 4.04. The van der Waals surface area contributed by atoms with Gasteiger partial charge in [0, 0.05) is 11.1 Å². The molecule has 4 aromatic rings. The predicted molar refractivity (Wildman–Crippen MR) is 141 cm³/mol. The van der Waals surface area contributed by atoms with Crippen molar-refractivity contribution >= 4 is 12.1 Å². The van der Waals surface area contributed by atoms with E-state index in [0.29, 0.717) is 41.6 Å². The summed E-state index contributed by atoms with van der Waals surface area (Å²) in [5.74, 6) is 0.966. The summed E-state index contributed by atoms with van der Waals surface area (Å²) in [6.45, 7) is 2.83. The first kappa shape index (κ1) is 25.4. The first-order chi connectivity index (χ1) is 18.1. The highest BCUT2D eigenvalue weighted by molar-refractivity contribution is 5.95. The second-order valence-electron chi connectivity index (χ2n) is 8.02. The van der Waals surface area contributed by atoms with Gasteiger partial charge in [0.1, 0.15) is 24.8 Å². The van der Waals surface area contributed by atoms with Crippen LogP contribution in [0.1, 0.15) is 34.0 Å². The van der Waals surface area contributed by atoms with Crippen molar-refractivity contribution < 1.29 is 23.4 Å². The summed E-state index contributed by atoms with van der Waals surface area (Å²) in [7, 11) is 0. The maximum absolute atomic E-state index is 13.7. The molecular formula is C30H27FN2O4. The van der Waals surface area contributed by atoms with Crippen molar-refractivity contribution in [3.8, 4) is 17.2 Å². The number of benzene rings is 4. The van der Waals surface area contributed by atoms with Crippen LogP contribution in [0.25, 0.3) is 0 Å². The topological polar surface area (TPSA) is 69.2 Å². The molecule has 0 aliphatic rings. The molecule has 37 heavy (non-hydrogen) atoms. The fourth-order valence-electron chi connectivity index (χ4n) is 3.43. The molecule has 0 radical (unpaired) electrons. The lowest BCUT2D eigenvalue weighted by atomic mass is 10.2. The minimum absolute atomic E-state index is 0.135. The third-order valence-electron chi connectivity index (χ3n) is 5.35. The minimum atomic E-state index is -0.378. The zero-order chi connectivity index (χ0) is 25.9. The highest BCUT2D eigenvalue weighted by atomic mass is 19.1. The lowest BCUT2D eigenvalue weighted by Gasteiger charge is -2.13. The van der Waals surface area contributed by atoms with Gasteiger partial charge in [-0.2, -0.15) is 5.10 Å². The minimum Gasteiger partial charge on any atom is -0.490 e. The molecule has 0 saturated heterocycles. The van der Waals surface area contributed by atoms with Gasteiger partial charge < -0.3 is 14.2 Å². The summed E-state index contributed by atoms with van der Waals surface area (Å²) in [4.78, 5) is 12.6.